The van der Waals surface area contributed by atoms with E-state index in [1.54, 1.807) is 25.9 Å². The second-order valence-electron chi connectivity index (χ2n) is 8.32. The zero-order valence-electron chi connectivity index (χ0n) is 19.1. The molecule has 0 aromatic carbocycles. The molecule has 0 radical (unpaired) electrons. The fourth-order valence-electron chi connectivity index (χ4n) is 2.73. The molecule has 0 spiro atoms. The number of carbonyl (C=O) groups is 3. The standard InChI is InChI=1S/C20H37N5O5/c1-7-29-19(28)25-12-9-15(10-13-25)23-18(22-14-16(26)24(5)6)21-11-8-17(27)30-20(2,3)4/h15H,7-14H2,1-6H3,(H2,21,22,23). The smallest absolute Gasteiger partial charge is 0.409 e. The van der Waals surface area contributed by atoms with Crippen LogP contribution in [0.15, 0.2) is 4.99 Å². The number of piperidine rings is 1. The molecule has 1 fully saturated rings. The minimum atomic E-state index is -0.530. The summed E-state index contributed by atoms with van der Waals surface area (Å²) in [5.41, 5.74) is -0.530. The molecule has 1 aliphatic rings. The number of aliphatic imine (C=N–C) groups is 1. The molecule has 10 heteroatoms. The summed E-state index contributed by atoms with van der Waals surface area (Å²) >= 11 is 0. The van der Waals surface area contributed by atoms with Crippen LogP contribution in [-0.4, -0.2) is 92.3 Å². The van der Waals surface area contributed by atoms with Crippen LogP contribution in [0.4, 0.5) is 4.79 Å². The first-order valence-corrected chi connectivity index (χ1v) is 10.4. The van der Waals surface area contributed by atoms with E-state index in [0.29, 0.717) is 32.2 Å². The number of esters is 1. The van der Waals surface area contributed by atoms with Crippen molar-refractivity contribution in [2.75, 3.05) is 46.9 Å². The summed E-state index contributed by atoms with van der Waals surface area (Å²) in [6.45, 7) is 9.10. The highest BCUT2D eigenvalue weighted by molar-refractivity contribution is 5.85. The van der Waals surface area contributed by atoms with Gasteiger partial charge in [-0.05, 0) is 40.5 Å². The molecule has 0 aromatic rings. The van der Waals surface area contributed by atoms with Crippen LogP contribution >= 0.6 is 0 Å². The molecular weight excluding hydrogens is 390 g/mol. The summed E-state index contributed by atoms with van der Waals surface area (Å²) in [6, 6.07) is 0.0953. The van der Waals surface area contributed by atoms with E-state index in [1.165, 1.54) is 4.90 Å². The third-order valence-electron chi connectivity index (χ3n) is 4.27. The van der Waals surface area contributed by atoms with Gasteiger partial charge in [0.15, 0.2) is 5.96 Å². The van der Waals surface area contributed by atoms with Gasteiger partial charge < -0.3 is 29.9 Å². The summed E-state index contributed by atoms with van der Waals surface area (Å²) in [4.78, 5) is 43.1. The SMILES string of the molecule is CCOC(=O)N1CCC(NC(=NCC(=O)N(C)C)NCCC(=O)OC(C)(C)C)CC1. The van der Waals surface area contributed by atoms with Crippen LogP contribution < -0.4 is 10.6 Å². The molecule has 2 N–H and O–H groups in total. The van der Waals surface area contributed by atoms with Crippen molar-refractivity contribution in [3.63, 3.8) is 0 Å². The Labute approximate surface area is 179 Å². The lowest BCUT2D eigenvalue weighted by Gasteiger charge is -2.32. The lowest BCUT2D eigenvalue weighted by molar-refractivity contribution is -0.154. The van der Waals surface area contributed by atoms with Crippen LogP contribution in [0, 0.1) is 0 Å². The molecule has 0 unspecified atom stereocenters. The van der Waals surface area contributed by atoms with Gasteiger partial charge in [0.05, 0.1) is 13.0 Å². The predicted octanol–water partition coefficient (Wildman–Crippen LogP) is 0.963. The van der Waals surface area contributed by atoms with E-state index < -0.39 is 5.60 Å². The van der Waals surface area contributed by atoms with Crippen molar-refractivity contribution in [3.8, 4) is 0 Å². The largest absolute Gasteiger partial charge is 0.460 e. The number of likely N-dealkylation sites (N-methyl/N-ethyl adjacent to an activating group) is 1. The van der Waals surface area contributed by atoms with Crippen LogP contribution in [0.2, 0.25) is 0 Å². The summed E-state index contributed by atoms with van der Waals surface area (Å²) in [5.74, 6) is 0.0326. The Morgan fingerprint density at radius 2 is 1.80 bits per heavy atom. The molecule has 0 aliphatic carbocycles. The summed E-state index contributed by atoms with van der Waals surface area (Å²) in [5, 5.41) is 6.40. The van der Waals surface area contributed by atoms with Crippen molar-refractivity contribution >= 4 is 23.9 Å². The molecule has 0 bridgehead atoms. The Morgan fingerprint density at radius 3 is 2.33 bits per heavy atom. The minimum absolute atomic E-state index is 0.00353. The Balaban J connectivity index is 2.60. The maximum atomic E-state index is 11.9. The molecule has 1 aliphatic heterocycles. The normalized spacial score (nSPS) is 15.4. The van der Waals surface area contributed by atoms with Crippen molar-refractivity contribution in [1.82, 2.24) is 20.4 Å². The van der Waals surface area contributed by atoms with E-state index in [0.717, 1.165) is 12.8 Å². The molecule has 172 valence electrons. The number of nitrogens with one attached hydrogen (secondary N) is 2. The van der Waals surface area contributed by atoms with Gasteiger partial charge in [0.1, 0.15) is 12.1 Å². The third-order valence-corrected chi connectivity index (χ3v) is 4.27. The first-order chi connectivity index (χ1) is 14.0. The first-order valence-electron chi connectivity index (χ1n) is 10.4. The van der Waals surface area contributed by atoms with E-state index in [2.05, 4.69) is 15.6 Å². The fourth-order valence-corrected chi connectivity index (χ4v) is 2.73. The average molecular weight is 428 g/mol. The van der Waals surface area contributed by atoms with Gasteiger partial charge in [-0.25, -0.2) is 9.79 Å². The number of rotatable bonds is 7. The van der Waals surface area contributed by atoms with E-state index in [1.807, 2.05) is 20.8 Å². The zero-order chi connectivity index (χ0) is 22.7. The van der Waals surface area contributed by atoms with Crippen LogP contribution in [0.5, 0.6) is 0 Å². The second kappa shape index (κ2) is 12.2. The van der Waals surface area contributed by atoms with Crippen molar-refractivity contribution in [2.45, 2.75) is 58.6 Å². The topological polar surface area (TPSA) is 113 Å². The predicted molar refractivity (Wildman–Crippen MR) is 114 cm³/mol. The Bertz CT molecular complexity index is 607. The van der Waals surface area contributed by atoms with Gasteiger partial charge in [-0.3, -0.25) is 9.59 Å². The van der Waals surface area contributed by atoms with Gasteiger partial charge in [0.2, 0.25) is 5.91 Å². The number of ether oxygens (including phenoxy) is 2. The van der Waals surface area contributed by atoms with Crippen molar-refractivity contribution in [3.05, 3.63) is 0 Å². The molecule has 1 heterocycles. The summed E-state index contributed by atoms with van der Waals surface area (Å²) < 4.78 is 10.3. The van der Waals surface area contributed by atoms with E-state index >= 15 is 0 Å². The molecule has 30 heavy (non-hydrogen) atoms. The monoisotopic (exact) mass is 427 g/mol. The van der Waals surface area contributed by atoms with Crippen LogP contribution in [-0.2, 0) is 19.1 Å². The molecule has 1 saturated heterocycles. The van der Waals surface area contributed by atoms with Crippen LogP contribution in [0.25, 0.3) is 0 Å². The number of likely N-dealkylation sites (tertiary alicyclic amines) is 1. The molecule has 10 nitrogen and oxygen atoms in total. The zero-order valence-corrected chi connectivity index (χ0v) is 19.1. The third kappa shape index (κ3) is 10.3. The molecule has 1 rings (SSSR count). The molecular formula is C20H37N5O5. The Hall–Kier alpha value is -2.52. The van der Waals surface area contributed by atoms with Crippen LogP contribution in [0.3, 0.4) is 0 Å². The maximum Gasteiger partial charge on any atom is 0.409 e. The quantitative estimate of drug-likeness (QED) is 0.353. The number of guanidine groups is 1. The summed E-state index contributed by atoms with van der Waals surface area (Å²) in [6.07, 6.45) is 1.35. The molecule has 2 amide bonds. The summed E-state index contributed by atoms with van der Waals surface area (Å²) in [7, 11) is 3.35. The Morgan fingerprint density at radius 1 is 1.17 bits per heavy atom. The lowest BCUT2D eigenvalue weighted by atomic mass is 10.1. The number of amides is 2. The van der Waals surface area contributed by atoms with E-state index in [4.69, 9.17) is 9.47 Å². The van der Waals surface area contributed by atoms with E-state index in [9.17, 15) is 14.4 Å². The van der Waals surface area contributed by atoms with Crippen molar-refractivity contribution in [1.29, 1.82) is 0 Å². The maximum absolute atomic E-state index is 11.9. The number of hydrogen-bond donors (Lipinski definition) is 2. The fraction of sp³-hybridized carbons (Fsp3) is 0.800. The van der Waals surface area contributed by atoms with Gasteiger partial charge in [0.25, 0.3) is 0 Å². The molecule has 0 saturated carbocycles. The highest BCUT2D eigenvalue weighted by Gasteiger charge is 2.24. The Kier molecular flexibility index (Phi) is 10.4. The first kappa shape index (κ1) is 25.5. The second-order valence-corrected chi connectivity index (χ2v) is 8.32. The number of nitrogens with zero attached hydrogens (tertiary/aromatic N) is 3. The molecule has 0 aromatic heterocycles. The van der Waals surface area contributed by atoms with Crippen molar-refractivity contribution < 1.29 is 23.9 Å². The lowest BCUT2D eigenvalue weighted by Crippen LogP contribution is -2.50. The van der Waals surface area contributed by atoms with Crippen LogP contribution in [0.1, 0.15) is 47.0 Å². The van der Waals surface area contributed by atoms with Gasteiger partial charge in [0, 0.05) is 39.8 Å². The van der Waals surface area contributed by atoms with Gasteiger partial charge in [-0.1, -0.05) is 0 Å². The number of hydrogen-bond acceptors (Lipinski definition) is 6. The average Bonchev–Trinajstić information content (AvgIpc) is 2.64. The minimum Gasteiger partial charge on any atom is -0.460 e. The van der Waals surface area contributed by atoms with Gasteiger partial charge in [-0.15, -0.1) is 0 Å². The van der Waals surface area contributed by atoms with Crippen molar-refractivity contribution in [2.24, 2.45) is 4.99 Å². The van der Waals surface area contributed by atoms with E-state index in [-0.39, 0.29) is 37.0 Å². The molecule has 0 atom stereocenters. The highest BCUT2D eigenvalue weighted by Crippen LogP contribution is 2.11. The highest BCUT2D eigenvalue weighted by atomic mass is 16.6. The number of carbonyl (C=O) groups excluding carboxylic acids is 3. The van der Waals surface area contributed by atoms with Gasteiger partial charge in [-0.2, -0.15) is 0 Å². The van der Waals surface area contributed by atoms with Gasteiger partial charge >= 0.3 is 12.1 Å².